The summed E-state index contributed by atoms with van der Waals surface area (Å²) in [5, 5.41) is 9.42. The number of alkyl halides is 3. The van der Waals surface area contributed by atoms with Gasteiger partial charge in [0.25, 0.3) is 0 Å². The highest BCUT2D eigenvalue weighted by molar-refractivity contribution is 5.29. The van der Waals surface area contributed by atoms with E-state index in [1.54, 1.807) is 0 Å². The second kappa shape index (κ2) is 8.82. The second-order valence-electron chi connectivity index (χ2n) is 8.34. The van der Waals surface area contributed by atoms with Crippen LogP contribution in [0.4, 0.5) is 13.2 Å². The maximum Gasteiger partial charge on any atom is 0.573 e. The zero-order valence-corrected chi connectivity index (χ0v) is 15.8. The normalized spacial score (nSPS) is 30.7. The minimum absolute atomic E-state index is 0.183. The lowest BCUT2D eigenvalue weighted by atomic mass is 9.68. The fourth-order valence-corrected chi connectivity index (χ4v) is 4.95. The number of hydrogen-bond acceptors (Lipinski definition) is 3. The molecule has 6 heteroatoms. The summed E-state index contributed by atoms with van der Waals surface area (Å²) in [5.41, 5.74) is 0.682. The monoisotopic (exact) mass is 386 g/mol. The summed E-state index contributed by atoms with van der Waals surface area (Å²) in [6, 6.07) is 5.61. The predicted molar refractivity (Wildman–Crippen MR) is 96.1 cm³/mol. The van der Waals surface area contributed by atoms with E-state index in [9.17, 15) is 18.4 Å². The minimum Gasteiger partial charge on any atom is -0.406 e. The SMILES string of the molecule is CC1CCC(C2CCC(C(OO)c3ccc(OC(F)(F)F)cc3)CC2)CC1. The van der Waals surface area contributed by atoms with Crippen molar-refractivity contribution in [1.29, 1.82) is 0 Å². The van der Waals surface area contributed by atoms with E-state index in [0.29, 0.717) is 5.56 Å². The van der Waals surface area contributed by atoms with Crippen molar-refractivity contribution in [3.8, 4) is 5.75 Å². The summed E-state index contributed by atoms with van der Waals surface area (Å²) in [4.78, 5) is 4.75. The first kappa shape index (κ1) is 20.5. The number of halogens is 3. The first-order valence-corrected chi connectivity index (χ1v) is 10.0. The number of hydrogen-bond donors (Lipinski definition) is 1. The molecule has 1 aromatic rings. The third-order valence-corrected chi connectivity index (χ3v) is 6.53. The molecule has 152 valence electrons. The van der Waals surface area contributed by atoms with Crippen LogP contribution in [0.3, 0.4) is 0 Å². The van der Waals surface area contributed by atoms with Gasteiger partial charge in [-0.25, -0.2) is 4.89 Å². The Morgan fingerprint density at radius 2 is 1.41 bits per heavy atom. The third kappa shape index (κ3) is 5.61. The molecule has 3 rings (SSSR count). The van der Waals surface area contributed by atoms with Gasteiger partial charge in [-0.15, -0.1) is 13.2 Å². The van der Waals surface area contributed by atoms with E-state index in [2.05, 4.69) is 11.7 Å². The van der Waals surface area contributed by atoms with Crippen LogP contribution in [0.1, 0.15) is 70.0 Å². The van der Waals surface area contributed by atoms with E-state index in [1.807, 2.05) is 0 Å². The predicted octanol–water partition coefficient (Wildman–Crippen LogP) is 6.75. The maximum absolute atomic E-state index is 12.3. The molecule has 0 radical (unpaired) electrons. The fourth-order valence-electron chi connectivity index (χ4n) is 4.95. The van der Waals surface area contributed by atoms with Crippen LogP contribution < -0.4 is 4.74 Å². The average molecular weight is 386 g/mol. The molecule has 0 amide bonds. The summed E-state index contributed by atoms with van der Waals surface area (Å²) in [6.45, 7) is 2.33. The van der Waals surface area contributed by atoms with Crippen molar-refractivity contribution < 1.29 is 28.1 Å². The van der Waals surface area contributed by atoms with Crippen molar-refractivity contribution in [2.75, 3.05) is 0 Å². The van der Waals surface area contributed by atoms with Crippen molar-refractivity contribution in [1.82, 2.24) is 0 Å². The Morgan fingerprint density at radius 1 is 0.889 bits per heavy atom. The van der Waals surface area contributed by atoms with E-state index in [4.69, 9.17) is 4.89 Å². The molecule has 1 atom stereocenters. The fraction of sp³-hybridized carbons (Fsp3) is 0.714. The first-order chi connectivity index (χ1) is 12.9. The standard InChI is InChI=1S/C21H29F3O3/c1-14-2-4-15(5-3-14)16-6-8-17(9-7-16)20(27-25)18-10-12-19(13-11-18)26-21(22,23)24/h10-17,20,25H,2-9H2,1H3. The van der Waals surface area contributed by atoms with Crippen LogP contribution in [0, 0.1) is 23.7 Å². The Bertz CT molecular complexity index is 571. The quantitative estimate of drug-likeness (QED) is 0.449. The molecule has 0 saturated heterocycles. The molecule has 2 aliphatic carbocycles. The molecule has 0 spiro atoms. The Balaban J connectivity index is 1.55. The smallest absolute Gasteiger partial charge is 0.406 e. The molecule has 27 heavy (non-hydrogen) atoms. The van der Waals surface area contributed by atoms with Gasteiger partial charge in [0, 0.05) is 0 Å². The number of rotatable bonds is 5. The molecule has 2 fully saturated rings. The van der Waals surface area contributed by atoms with E-state index in [-0.39, 0.29) is 11.7 Å². The van der Waals surface area contributed by atoms with Gasteiger partial charge in [0.1, 0.15) is 11.9 Å². The first-order valence-electron chi connectivity index (χ1n) is 10.0. The Hall–Kier alpha value is -1.27. The van der Waals surface area contributed by atoms with Gasteiger partial charge >= 0.3 is 6.36 Å². The summed E-state index contributed by atoms with van der Waals surface area (Å²) >= 11 is 0. The van der Waals surface area contributed by atoms with Crippen molar-refractivity contribution in [3.05, 3.63) is 29.8 Å². The highest BCUT2D eigenvalue weighted by atomic mass is 19.4. The van der Waals surface area contributed by atoms with Crippen LogP contribution in [0.5, 0.6) is 5.75 Å². The Labute approximate surface area is 158 Å². The van der Waals surface area contributed by atoms with Gasteiger partial charge in [-0.1, -0.05) is 31.9 Å². The molecule has 0 heterocycles. The lowest BCUT2D eigenvalue weighted by Crippen LogP contribution is -2.28. The zero-order chi connectivity index (χ0) is 19.4. The zero-order valence-electron chi connectivity index (χ0n) is 15.8. The lowest BCUT2D eigenvalue weighted by molar-refractivity contribution is -0.296. The van der Waals surface area contributed by atoms with Gasteiger partial charge < -0.3 is 4.74 Å². The molecule has 1 aromatic carbocycles. The van der Waals surface area contributed by atoms with Crippen molar-refractivity contribution in [2.45, 2.75) is 70.8 Å². The molecule has 2 aliphatic rings. The average Bonchev–Trinajstić information content (AvgIpc) is 2.64. The Morgan fingerprint density at radius 3 is 1.89 bits per heavy atom. The molecular weight excluding hydrogens is 357 g/mol. The second-order valence-corrected chi connectivity index (χ2v) is 8.34. The van der Waals surface area contributed by atoms with Gasteiger partial charge in [0.15, 0.2) is 0 Å². The molecular formula is C21H29F3O3. The van der Waals surface area contributed by atoms with Crippen molar-refractivity contribution >= 4 is 0 Å². The minimum atomic E-state index is -4.70. The molecule has 1 N–H and O–H groups in total. The van der Waals surface area contributed by atoms with E-state index in [0.717, 1.165) is 43.4 Å². The van der Waals surface area contributed by atoms with Crippen LogP contribution in [0.25, 0.3) is 0 Å². The largest absolute Gasteiger partial charge is 0.573 e. The van der Waals surface area contributed by atoms with Crippen LogP contribution in [-0.2, 0) is 4.89 Å². The maximum atomic E-state index is 12.3. The van der Waals surface area contributed by atoms with Gasteiger partial charge in [-0.3, -0.25) is 5.26 Å². The molecule has 2 saturated carbocycles. The van der Waals surface area contributed by atoms with Crippen molar-refractivity contribution in [3.63, 3.8) is 0 Å². The summed E-state index contributed by atoms with van der Waals surface area (Å²) in [5.74, 6) is 2.36. The summed E-state index contributed by atoms with van der Waals surface area (Å²) < 4.78 is 40.7. The van der Waals surface area contributed by atoms with E-state index < -0.39 is 12.5 Å². The molecule has 0 aromatic heterocycles. The highest BCUT2D eigenvalue weighted by Crippen LogP contribution is 2.45. The van der Waals surface area contributed by atoms with Crippen LogP contribution in [0.15, 0.2) is 24.3 Å². The number of benzene rings is 1. The van der Waals surface area contributed by atoms with Crippen molar-refractivity contribution in [2.24, 2.45) is 23.7 Å². The van der Waals surface area contributed by atoms with Gasteiger partial charge in [-0.05, 0) is 79.9 Å². The van der Waals surface area contributed by atoms with E-state index in [1.165, 1.54) is 49.9 Å². The summed E-state index contributed by atoms with van der Waals surface area (Å²) in [7, 11) is 0. The molecule has 1 unspecified atom stereocenters. The third-order valence-electron chi connectivity index (χ3n) is 6.53. The van der Waals surface area contributed by atoms with Gasteiger partial charge in [-0.2, -0.15) is 0 Å². The number of ether oxygens (including phenoxy) is 1. The van der Waals surface area contributed by atoms with Gasteiger partial charge in [0.05, 0.1) is 0 Å². The molecule has 0 aliphatic heterocycles. The van der Waals surface area contributed by atoms with E-state index >= 15 is 0 Å². The van der Waals surface area contributed by atoms with Crippen LogP contribution >= 0.6 is 0 Å². The van der Waals surface area contributed by atoms with Gasteiger partial charge in [0.2, 0.25) is 0 Å². The highest BCUT2D eigenvalue weighted by Gasteiger charge is 2.34. The lowest BCUT2D eigenvalue weighted by Gasteiger charge is -2.38. The van der Waals surface area contributed by atoms with Crippen LogP contribution in [0.2, 0.25) is 0 Å². The molecule has 3 nitrogen and oxygen atoms in total. The van der Waals surface area contributed by atoms with Crippen LogP contribution in [-0.4, -0.2) is 11.6 Å². The summed E-state index contributed by atoms with van der Waals surface area (Å²) in [6.07, 6.45) is 4.34. The molecule has 0 bridgehead atoms. The Kier molecular flexibility index (Phi) is 6.69. The topological polar surface area (TPSA) is 38.7 Å².